The lowest BCUT2D eigenvalue weighted by Crippen LogP contribution is -2.27. The molecule has 4 rings (SSSR count). The number of nitrogens with zero attached hydrogens (tertiary/aromatic N) is 2. The van der Waals surface area contributed by atoms with E-state index in [-0.39, 0.29) is 6.04 Å². The lowest BCUT2D eigenvalue weighted by molar-refractivity contribution is 0.295. The van der Waals surface area contributed by atoms with Gasteiger partial charge in [0.05, 0.1) is 6.04 Å². The summed E-state index contributed by atoms with van der Waals surface area (Å²) in [6.45, 7) is 1.05. The SMILES string of the molecule is c1ccc2c(c1)CC(c1noc([C@H]3CCCCN3)n1)C2. The molecule has 20 heavy (non-hydrogen) atoms. The van der Waals surface area contributed by atoms with Crippen molar-refractivity contribution < 1.29 is 4.52 Å². The van der Waals surface area contributed by atoms with E-state index in [1.807, 2.05) is 0 Å². The van der Waals surface area contributed by atoms with Crippen molar-refractivity contribution in [3.8, 4) is 0 Å². The smallest absolute Gasteiger partial charge is 0.243 e. The monoisotopic (exact) mass is 269 g/mol. The zero-order valence-electron chi connectivity index (χ0n) is 11.5. The highest BCUT2D eigenvalue weighted by molar-refractivity contribution is 5.34. The van der Waals surface area contributed by atoms with E-state index in [9.17, 15) is 0 Å². The summed E-state index contributed by atoms with van der Waals surface area (Å²) < 4.78 is 5.49. The molecular weight excluding hydrogens is 250 g/mol. The van der Waals surface area contributed by atoms with Crippen molar-refractivity contribution in [1.29, 1.82) is 0 Å². The molecule has 1 aromatic heterocycles. The number of piperidine rings is 1. The van der Waals surface area contributed by atoms with E-state index in [2.05, 4.69) is 39.7 Å². The van der Waals surface area contributed by atoms with Gasteiger partial charge in [0.1, 0.15) is 0 Å². The summed E-state index contributed by atoms with van der Waals surface area (Å²) in [6, 6.07) is 8.88. The number of aromatic nitrogens is 2. The van der Waals surface area contributed by atoms with Gasteiger partial charge in [0.25, 0.3) is 0 Å². The molecule has 4 nitrogen and oxygen atoms in total. The second kappa shape index (κ2) is 5.02. The van der Waals surface area contributed by atoms with Gasteiger partial charge < -0.3 is 9.84 Å². The molecule has 1 fully saturated rings. The number of fused-ring (bicyclic) bond motifs is 1. The molecule has 4 heteroatoms. The fourth-order valence-corrected chi connectivity index (χ4v) is 3.36. The van der Waals surface area contributed by atoms with E-state index < -0.39 is 0 Å². The summed E-state index contributed by atoms with van der Waals surface area (Å²) in [5, 5.41) is 7.69. The minimum Gasteiger partial charge on any atom is -0.338 e. The normalized spacial score (nSPS) is 22.9. The summed E-state index contributed by atoms with van der Waals surface area (Å²) in [7, 11) is 0. The summed E-state index contributed by atoms with van der Waals surface area (Å²) in [5.74, 6) is 2.03. The fraction of sp³-hybridized carbons (Fsp3) is 0.500. The Morgan fingerprint density at radius 1 is 1.10 bits per heavy atom. The van der Waals surface area contributed by atoms with Crippen molar-refractivity contribution in [2.24, 2.45) is 0 Å². The molecule has 104 valence electrons. The van der Waals surface area contributed by atoms with Gasteiger partial charge in [0.15, 0.2) is 5.82 Å². The fourth-order valence-electron chi connectivity index (χ4n) is 3.36. The molecule has 1 aliphatic heterocycles. The van der Waals surface area contributed by atoms with Crippen LogP contribution in [0, 0.1) is 0 Å². The number of hydrogen-bond acceptors (Lipinski definition) is 4. The third-order valence-corrected chi connectivity index (χ3v) is 4.48. The molecular formula is C16H19N3O. The van der Waals surface area contributed by atoms with Crippen molar-refractivity contribution in [1.82, 2.24) is 15.5 Å². The molecule has 2 heterocycles. The average molecular weight is 269 g/mol. The topological polar surface area (TPSA) is 51.0 Å². The van der Waals surface area contributed by atoms with Gasteiger partial charge in [0, 0.05) is 5.92 Å². The maximum Gasteiger partial charge on any atom is 0.243 e. The third-order valence-electron chi connectivity index (χ3n) is 4.48. The molecule has 2 aromatic rings. The van der Waals surface area contributed by atoms with Gasteiger partial charge in [-0.15, -0.1) is 0 Å². The highest BCUT2D eigenvalue weighted by atomic mass is 16.5. The first-order chi connectivity index (χ1) is 9.90. The van der Waals surface area contributed by atoms with Gasteiger partial charge in [-0.1, -0.05) is 35.8 Å². The van der Waals surface area contributed by atoms with Crippen LogP contribution in [0.25, 0.3) is 0 Å². The maximum atomic E-state index is 5.49. The molecule has 1 aromatic carbocycles. The summed E-state index contributed by atoms with van der Waals surface area (Å²) in [5.41, 5.74) is 2.86. The Morgan fingerprint density at radius 3 is 2.60 bits per heavy atom. The van der Waals surface area contributed by atoms with E-state index >= 15 is 0 Å². The molecule has 0 radical (unpaired) electrons. The molecule has 2 aliphatic rings. The molecule has 1 atom stereocenters. The number of hydrogen-bond donors (Lipinski definition) is 1. The quantitative estimate of drug-likeness (QED) is 0.910. The summed E-state index contributed by atoms with van der Waals surface area (Å²) in [4.78, 5) is 4.66. The molecule has 0 unspecified atom stereocenters. The van der Waals surface area contributed by atoms with Gasteiger partial charge in [-0.25, -0.2) is 0 Å². The molecule has 0 bridgehead atoms. The van der Waals surface area contributed by atoms with Crippen molar-refractivity contribution in [3.63, 3.8) is 0 Å². The second-order valence-electron chi connectivity index (χ2n) is 5.87. The van der Waals surface area contributed by atoms with Gasteiger partial charge in [0.2, 0.25) is 5.89 Å². The van der Waals surface area contributed by atoms with Crippen LogP contribution in [0.1, 0.15) is 54.1 Å². The van der Waals surface area contributed by atoms with Crippen LogP contribution in [0.5, 0.6) is 0 Å². The first-order valence-electron chi connectivity index (χ1n) is 7.54. The first-order valence-corrected chi connectivity index (χ1v) is 7.54. The number of benzene rings is 1. The number of nitrogens with one attached hydrogen (secondary N) is 1. The molecule has 0 amide bonds. The zero-order chi connectivity index (χ0) is 13.4. The predicted octanol–water partition coefficient (Wildman–Crippen LogP) is 2.77. The van der Waals surface area contributed by atoms with Gasteiger partial charge in [-0.05, 0) is 43.4 Å². The Bertz CT molecular complexity index is 576. The van der Waals surface area contributed by atoms with Crippen LogP contribution in [0.3, 0.4) is 0 Å². The molecule has 1 saturated heterocycles. The van der Waals surface area contributed by atoms with Crippen LogP contribution in [-0.2, 0) is 12.8 Å². The van der Waals surface area contributed by atoms with Crippen LogP contribution >= 0.6 is 0 Å². The Labute approximate surface area is 118 Å². The highest BCUT2D eigenvalue weighted by Gasteiger charge is 2.28. The van der Waals surface area contributed by atoms with Crippen molar-refractivity contribution >= 4 is 0 Å². The first kappa shape index (κ1) is 12.1. The van der Waals surface area contributed by atoms with Crippen molar-refractivity contribution in [3.05, 3.63) is 47.1 Å². The Hall–Kier alpha value is -1.68. The Balaban J connectivity index is 1.52. The van der Waals surface area contributed by atoms with Crippen LogP contribution in [0.2, 0.25) is 0 Å². The van der Waals surface area contributed by atoms with Crippen LogP contribution in [0.4, 0.5) is 0 Å². The molecule has 1 aliphatic carbocycles. The van der Waals surface area contributed by atoms with Crippen LogP contribution in [0.15, 0.2) is 28.8 Å². The molecule has 0 spiro atoms. The van der Waals surface area contributed by atoms with Gasteiger partial charge in [-0.3, -0.25) is 0 Å². The van der Waals surface area contributed by atoms with E-state index in [0.29, 0.717) is 5.92 Å². The zero-order valence-corrected chi connectivity index (χ0v) is 11.5. The van der Waals surface area contributed by atoms with Crippen molar-refractivity contribution in [2.45, 2.75) is 44.1 Å². The Morgan fingerprint density at radius 2 is 1.90 bits per heavy atom. The van der Waals surface area contributed by atoms with Crippen LogP contribution in [-0.4, -0.2) is 16.7 Å². The highest BCUT2D eigenvalue weighted by Crippen LogP contribution is 2.33. The van der Waals surface area contributed by atoms with E-state index in [1.165, 1.54) is 24.0 Å². The average Bonchev–Trinajstić information content (AvgIpc) is 3.14. The second-order valence-corrected chi connectivity index (χ2v) is 5.87. The van der Waals surface area contributed by atoms with E-state index in [0.717, 1.165) is 37.5 Å². The molecule has 1 N–H and O–H groups in total. The largest absolute Gasteiger partial charge is 0.338 e. The molecule has 0 saturated carbocycles. The minimum absolute atomic E-state index is 0.258. The van der Waals surface area contributed by atoms with Crippen LogP contribution < -0.4 is 5.32 Å². The Kier molecular flexibility index (Phi) is 3.03. The minimum atomic E-state index is 0.258. The standard InChI is InChI=1S/C16H19N3O/c1-2-6-12-10-13(9-11(12)5-1)15-18-16(20-19-15)14-7-3-4-8-17-14/h1-2,5-6,13-14,17H,3-4,7-10H2/t14-/m1/s1. The summed E-state index contributed by atoms with van der Waals surface area (Å²) in [6.07, 6.45) is 5.66. The predicted molar refractivity (Wildman–Crippen MR) is 75.5 cm³/mol. The van der Waals surface area contributed by atoms with E-state index in [4.69, 9.17) is 4.52 Å². The lowest BCUT2D eigenvalue weighted by Gasteiger charge is -2.19. The number of rotatable bonds is 2. The summed E-state index contributed by atoms with van der Waals surface area (Å²) >= 11 is 0. The third kappa shape index (κ3) is 2.14. The van der Waals surface area contributed by atoms with Gasteiger partial charge >= 0.3 is 0 Å². The maximum absolute atomic E-state index is 5.49. The van der Waals surface area contributed by atoms with Crippen molar-refractivity contribution in [2.75, 3.05) is 6.54 Å². The van der Waals surface area contributed by atoms with E-state index in [1.54, 1.807) is 0 Å². The van der Waals surface area contributed by atoms with Gasteiger partial charge in [-0.2, -0.15) is 4.98 Å². The lowest BCUT2D eigenvalue weighted by atomic mass is 10.0.